The summed E-state index contributed by atoms with van der Waals surface area (Å²) in [5, 5.41) is 4.90. The van der Waals surface area contributed by atoms with Crippen molar-refractivity contribution in [2.75, 3.05) is 24.1 Å². The number of ether oxygens (including phenoxy) is 1. The second kappa shape index (κ2) is 10.5. The van der Waals surface area contributed by atoms with Gasteiger partial charge in [-0.05, 0) is 47.8 Å². The molecular weight excluding hydrogens is 440 g/mol. The average molecular weight is 463 g/mol. The van der Waals surface area contributed by atoms with Crippen molar-refractivity contribution in [1.82, 2.24) is 5.32 Å². The van der Waals surface area contributed by atoms with Gasteiger partial charge in [0.15, 0.2) is 0 Å². The van der Waals surface area contributed by atoms with Crippen LogP contribution in [-0.2, 0) is 15.8 Å². The van der Waals surface area contributed by atoms with E-state index in [9.17, 15) is 13.2 Å². The van der Waals surface area contributed by atoms with Gasteiger partial charge in [-0.1, -0.05) is 18.2 Å². The van der Waals surface area contributed by atoms with Crippen LogP contribution in [0.2, 0.25) is 0 Å². The number of carbonyl (C=O) groups is 1. The third-order valence-electron chi connectivity index (χ3n) is 4.13. The highest BCUT2D eigenvalue weighted by molar-refractivity contribution is 7.98. The predicted octanol–water partition coefficient (Wildman–Crippen LogP) is 4.22. The number of hydrogen-bond donors (Lipinski definition) is 2. The summed E-state index contributed by atoms with van der Waals surface area (Å²) in [4.78, 5) is 13.6. The van der Waals surface area contributed by atoms with Crippen molar-refractivity contribution in [2.45, 2.75) is 10.6 Å². The van der Waals surface area contributed by atoms with Gasteiger partial charge in [-0.15, -0.1) is 11.3 Å². The highest BCUT2D eigenvalue weighted by Gasteiger charge is 2.17. The fourth-order valence-electron chi connectivity index (χ4n) is 2.62. The quantitative estimate of drug-likeness (QED) is 0.441. The second-order valence-electron chi connectivity index (χ2n) is 6.22. The lowest BCUT2D eigenvalue weighted by atomic mass is 10.2. The van der Waals surface area contributed by atoms with E-state index in [1.807, 2.05) is 11.4 Å². The Kier molecular flexibility index (Phi) is 7.78. The molecule has 0 aliphatic rings. The first-order valence-electron chi connectivity index (χ1n) is 9.14. The Morgan fingerprint density at radius 2 is 1.83 bits per heavy atom. The molecule has 6 nitrogen and oxygen atoms in total. The third kappa shape index (κ3) is 6.01. The molecule has 0 aliphatic heterocycles. The lowest BCUT2D eigenvalue weighted by molar-refractivity contribution is 0.0956. The van der Waals surface area contributed by atoms with Gasteiger partial charge < -0.3 is 10.1 Å². The van der Waals surface area contributed by atoms with E-state index in [2.05, 4.69) is 16.1 Å². The van der Waals surface area contributed by atoms with Crippen LogP contribution in [0.4, 0.5) is 5.69 Å². The molecule has 30 heavy (non-hydrogen) atoms. The molecule has 0 radical (unpaired) electrons. The van der Waals surface area contributed by atoms with E-state index in [-0.39, 0.29) is 10.8 Å². The zero-order valence-corrected chi connectivity index (χ0v) is 18.8. The largest absolute Gasteiger partial charge is 0.495 e. The third-order valence-corrected chi connectivity index (χ3v) is 7.58. The molecule has 3 rings (SSSR count). The van der Waals surface area contributed by atoms with E-state index < -0.39 is 10.0 Å². The van der Waals surface area contributed by atoms with Crippen LogP contribution in [0.5, 0.6) is 5.75 Å². The minimum Gasteiger partial charge on any atom is -0.495 e. The van der Waals surface area contributed by atoms with Crippen LogP contribution < -0.4 is 14.8 Å². The highest BCUT2D eigenvalue weighted by Crippen LogP contribution is 2.26. The molecule has 0 aliphatic carbocycles. The summed E-state index contributed by atoms with van der Waals surface area (Å²) in [6.07, 6.45) is 0. The van der Waals surface area contributed by atoms with Crippen molar-refractivity contribution in [3.05, 3.63) is 76.5 Å². The summed E-state index contributed by atoms with van der Waals surface area (Å²) >= 11 is 3.48. The molecule has 1 aromatic heterocycles. The van der Waals surface area contributed by atoms with Crippen molar-refractivity contribution in [3.8, 4) is 5.75 Å². The van der Waals surface area contributed by atoms with Crippen LogP contribution in [0.1, 0.15) is 15.2 Å². The van der Waals surface area contributed by atoms with Crippen LogP contribution in [0.15, 0.2) is 70.9 Å². The Hall–Kier alpha value is -2.49. The molecule has 0 unspecified atom stereocenters. The normalized spacial score (nSPS) is 11.1. The van der Waals surface area contributed by atoms with Crippen molar-refractivity contribution in [1.29, 1.82) is 0 Å². The Morgan fingerprint density at radius 1 is 1.07 bits per heavy atom. The van der Waals surface area contributed by atoms with Gasteiger partial charge in [0, 0.05) is 28.5 Å². The average Bonchev–Trinajstić information content (AvgIpc) is 3.27. The Balaban J connectivity index is 1.53. The summed E-state index contributed by atoms with van der Waals surface area (Å²) in [6.45, 7) is 0.546. The number of thiophene rings is 1. The summed E-state index contributed by atoms with van der Waals surface area (Å²) in [7, 11) is -2.32. The van der Waals surface area contributed by atoms with E-state index in [1.54, 1.807) is 47.4 Å². The van der Waals surface area contributed by atoms with Gasteiger partial charge in [0.25, 0.3) is 15.9 Å². The Morgan fingerprint density at radius 3 is 2.53 bits per heavy atom. The van der Waals surface area contributed by atoms with E-state index in [1.165, 1.54) is 36.3 Å². The smallest absolute Gasteiger partial charge is 0.262 e. The number of amides is 1. The van der Waals surface area contributed by atoms with Crippen LogP contribution in [0.3, 0.4) is 0 Å². The molecule has 0 bridgehead atoms. The molecule has 0 saturated carbocycles. The summed E-state index contributed by atoms with van der Waals surface area (Å²) in [5.74, 6) is 1.93. The maximum absolute atomic E-state index is 12.6. The number of sulfonamides is 1. The minimum absolute atomic E-state index is 0.0662. The molecule has 0 fully saturated rings. The highest BCUT2D eigenvalue weighted by atomic mass is 32.2. The zero-order valence-electron chi connectivity index (χ0n) is 16.3. The number of methoxy groups -OCH3 is 1. The van der Waals surface area contributed by atoms with Gasteiger partial charge in [0.2, 0.25) is 0 Å². The molecule has 3 aromatic rings. The van der Waals surface area contributed by atoms with Gasteiger partial charge >= 0.3 is 0 Å². The predicted molar refractivity (Wildman–Crippen MR) is 123 cm³/mol. The first-order valence-corrected chi connectivity index (χ1v) is 12.7. The lowest BCUT2D eigenvalue weighted by Crippen LogP contribution is -2.25. The van der Waals surface area contributed by atoms with Gasteiger partial charge in [-0.25, -0.2) is 8.42 Å². The Bertz CT molecular complexity index is 1070. The van der Waals surface area contributed by atoms with Crippen LogP contribution in [0, 0.1) is 0 Å². The molecule has 1 heterocycles. The molecule has 0 atom stereocenters. The fourth-order valence-corrected chi connectivity index (χ4v) is 5.39. The van der Waals surface area contributed by atoms with Crippen LogP contribution in [0.25, 0.3) is 0 Å². The maximum Gasteiger partial charge on any atom is 0.262 e. The molecule has 2 aromatic carbocycles. The monoisotopic (exact) mass is 462 g/mol. The molecule has 1 amide bonds. The number of anilines is 1. The van der Waals surface area contributed by atoms with Crippen LogP contribution >= 0.6 is 23.1 Å². The lowest BCUT2D eigenvalue weighted by Gasteiger charge is -2.12. The molecule has 0 saturated heterocycles. The van der Waals surface area contributed by atoms with E-state index in [4.69, 9.17) is 4.74 Å². The van der Waals surface area contributed by atoms with E-state index in [0.717, 1.165) is 11.5 Å². The van der Waals surface area contributed by atoms with Gasteiger partial charge in [0.05, 0.1) is 17.7 Å². The standard InChI is InChI=1S/C21H22N2O4S3/c1-27-20-7-3-2-6-19(20)23-30(25,26)18-10-8-16(9-11-18)21(24)22-12-14-28-15-17-5-4-13-29-17/h2-11,13,23H,12,14-15H2,1H3,(H,22,24). The zero-order chi connectivity index (χ0) is 21.4. The first-order chi connectivity index (χ1) is 14.5. The van der Waals surface area contributed by atoms with Gasteiger partial charge in [-0.2, -0.15) is 11.8 Å². The maximum atomic E-state index is 12.6. The Labute approximate surface area is 184 Å². The van der Waals surface area contributed by atoms with Crippen molar-refractivity contribution >= 4 is 44.7 Å². The SMILES string of the molecule is COc1ccccc1NS(=O)(=O)c1ccc(C(=O)NCCSCc2cccs2)cc1. The molecule has 0 spiro atoms. The summed E-state index contributed by atoms with van der Waals surface area (Å²) < 4.78 is 32.9. The number of para-hydroxylation sites is 2. The summed E-state index contributed by atoms with van der Waals surface area (Å²) in [5.41, 5.74) is 0.761. The number of benzene rings is 2. The second-order valence-corrected chi connectivity index (χ2v) is 10.0. The van der Waals surface area contributed by atoms with Crippen molar-refractivity contribution in [2.24, 2.45) is 0 Å². The number of rotatable bonds is 10. The van der Waals surface area contributed by atoms with Crippen molar-refractivity contribution in [3.63, 3.8) is 0 Å². The van der Waals surface area contributed by atoms with E-state index in [0.29, 0.717) is 23.5 Å². The number of thioether (sulfide) groups is 1. The van der Waals surface area contributed by atoms with Gasteiger partial charge in [0.1, 0.15) is 5.75 Å². The van der Waals surface area contributed by atoms with Crippen LogP contribution in [-0.4, -0.2) is 33.7 Å². The number of hydrogen-bond acceptors (Lipinski definition) is 6. The molecular formula is C21H22N2O4S3. The minimum atomic E-state index is -3.80. The fraction of sp³-hybridized carbons (Fsp3) is 0.190. The van der Waals surface area contributed by atoms with Crippen molar-refractivity contribution < 1.29 is 17.9 Å². The molecule has 9 heteroatoms. The van der Waals surface area contributed by atoms with Gasteiger partial charge in [-0.3, -0.25) is 9.52 Å². The summed E-state index contributed by atoms with van der Waals surface area (Å²) in [6, 6.07) is 16.7. The number of carbonyl (C=O) groups excluding carboxylic acids is 1. The topological polar surface area (TPSA) is 84.5 Å². The molecule has 2 N–H and O–H groups in total. The first kappa shape index (κ1) is 22.2. The number of nitrogens with one attached hydrogen (secondary N) is 2. The van der Waals surface area contributed by atoms with E-state index >= 15 is 0 Å². The molecule has 158 valence electrons.